The Labute approximate surface area is 243 Å². The van der Waals surface area contributed by atoms with Gasteiger partial charge in [0.15, 0.2) is 0 Å². The lowest BCUT2D eigenvalue weighted by Crippen LogP contribution is -2.48. The Morgan fingerprint density at radius 1 is 0.786 bits per heavy atom. The van der Waals surface area contributed by atoms with Gasteiger partial charge in [0.05, 0.1) is 5.56 Å². The van der Waals surface area contributed by atoms with E-state index in [0.29, 0.717) is 4.70 Å². The second kappa shape index (κ2) is 10.3. The first-order chi connectivity index (χ1) is 19.6. The number of benzene rings is 2. The van der Waals surface area contributed by atoms with Gasteiger partial charge in [-0.1, -0.05) is 30.8 Å². The average molecular weight is 625 g/mol. The van der Waals surface area contributed by atoms with Gasteiger partial charge in [-0.25, -0.2) is 9.59 Å². The molecular formula is C30H22F6O4S2. The number of halogens is 6. The van der Waals surface area contributed by atoms with Crippen LogP contribution < -0.4 is 0 Å². The van der Waals surface area contributed by atoms with Crippen LogP contribution in [0.2, 0.25) is 0 Å². The molecule has 2 aromatic heterocycles. The molecule has 0 aliphatic heterocycles. The van der Waals surface area contributed by atoms with E-state index in [1.165, 1.54) is 51.1 Å². The molecule has 0 radical (unpaired) electrons. The van der Waals surface area contributed by atoms with Gasteiger partial charge in [-0.2, -0.15) is 26.3 Å². The zero-order chi connectivity index (χ0) is 30.8. The van der Waals surface area contributed by atoms with Gasteiger partial charge in [0.2, 0.25) is 0 Å². The van der Waals surface area contributed by atoms with Crippen LogP contribution in [0.25, 0.3) is 31.3 Å². The van der Waals surface area contributed by atoms with Crippen molar-refractivity contribution in [1.29, 1.82) is 0 Å². The van der Waals surface area contributed by atoms with Crippen LogP contribution in [-0.2, 0) is 14.3 Å². The zero-order valence-corrected chi connectivity index (χ0v) is 24.0. The number of aryl methyl sites for hydroxylation is 2. The minimum atomic E-state index is -5.70. The highest BCUT2D eigenvalue weighted by atomic mass is 32.1. The molecule has 2 heterocycles. The van der Waals surface area contributed by atoms with Crippen LogP contribution in [0.4, 0.5) is 26.3 Å². The summed E-state index contributed by atoms with van der Waals surface area (Å²) in [4.78, 5) is 24.3. The summed E-state index contributed by atoms with van der Waals surface area (Å²) in [5, 5.41) is 0.194. The first kappa shape index (κ1) is 29.8. The topological polar surface area (TPSA) is 52.6 Å². The molecule has 12 heteroatoms. The highest BCUT2D eigenvalue weighted by Crippen LogP contribution is 2.67. The predicted octanol–water partition coefficient (Wildman–Crippen LogP) is 8.84. The Morgan fingerprint density at radius 2 is 1.31 bits per heavy atom. The van der Waals surface area contributed by atoms with Crippen molar-refractivity contribution in [3.05, 3.63) is 81.1 Å². The molecule has 0 amide bonds. The normalized spacial score (nSPS) is 17.2. The molecule has 0 fully saturated rings. The summed E-state index contributed by atoms with van der Waals surface area (Å²) < 4.78 is 103. The van der Waals surface area contributed by atoms with Gasteiger partial charge in [0.1, 0.15) is 13.2 Å². The van der Waals surface area contributed by atoms with Crippen molar-refractivity contribution in [2.75, 3.05) is 13.2 Å². The predicted molar refractivity (Wildman–Crippen MR) is 151 cm³/mol. The highest BCUT2D eigenvalue weighted by Gasteiger charge is 2.80. The number of carbonyl (C=O) groups excluding carboxylic acids is 2. The molecule has 2 aromatic carbocycles. The Morgan fingerprint density at radius 3 is 1.90 bits per heavy atom. The van der Waals surface area contributed by atoms with E-state index in [0.717, 1.165) is 22.7 Å². The van der Waals surface area contributed by atoms with Crippen molar-refractivity contribution in [3.63, 3.8) is 0 Å². The maximum Gasteiger partial charge on any atom is 0.380 e. The third-order valence-electron chi connectivity index (χ3n) is 6.94. The van der Waals surface area contributed by atoms with Crippen molar-refractivity contribution in [1.82, 2.24) is 0 Å². The molecule has 0 unspecified atom stereocenters. The van der Waals surface area contributed by atoms with E-state index < -0.39 is 46.4 Å². The van der Waals surface area contributed by atoms with E-state index in [1.54, 1.807) is 12.1 Å². The smallest absolute Gasteiger partial charge is 0.380 e. The van der Waals surface area contributed by atoms with Crippen molar-refractivity contribution < 1.29 is 45.4 Å². The minimum Gasteiger partial charge on any atom is -0.459 e. The summed E-state index contributed by atoms with van der Waals surface area (Å²) in [6.07, 6.45) is 0. The molecule has 1 aliphatic rings. The fraction of sp³-hybridized carbons (Fsp3) is 0.267. The monoisotopic (exact) mass is 624 g/mol. The summed E-state index contributed by atoms with van der Waals surface area (Å²) in [6.45, 7) is 7.19. The van der Waals surface area contributed by atoms with E-state index in [2.05, 4.69) is 6.58 Å². The van der Waals surface area contributed by atoms with Gasteiger partial charge in [0, 0.05) is 57.8 Å². The lowest BCUT2D eigenvalue weighted by molar-refractivity contribution is -0.254. The van der Waals surface area contributed by atoms with Crippen LogP contribution >= 0.6 is 22.7 Å². The summed E-state index contributed by atoms with van der Waals surface area (Å²) in [6, 6.07) is 10.0. The number of carbonyl (C=O) groups is 2. The second-order valence-electron chi connectivity index (χ2n) is 9.80. The number of alkyl halides is 6. The molecular weight excluding hydrogens is 602 g/mol. The lowest BCUT2D eigenvalue weighted by Gasteiger charge is -2.26. The Balaban J connectivity index is 1.63. The van der Waals surface area contributed by atoms with Crippen molar-refractivity contribution in [3.8, 4) is 0 Å². The van der Waals surface area contributed by atoms with Gasteiger partial charge in [-0.15, -0.1) is 22.7 Å². The maximum atomic E-state index is 15.6. The third-order valence-corrected chi connectivity index (χ3v) is 9.09. The molecule has 0 atom stereocenters. The highest BCUT2D eigenvalue weighted by molar-refractivity contribution is 7.19. The zero-order valence-electron chi connectivity index (χ0n) is 22.4. The van der Waals surface area contributed by atoms with E-state index in [9.17, 15) is 9.59 Å². The van der Waals surface area contributed by atoms with Gasteiger partial charge < -0.3 is 9.47 Å². The van der Waals surface area contributed by atoms with E-state index in [-0.39, 0.29) is 55.1 Å². The number of rotatable bonds is 7. The van der Waals surface area contributed by atoms with Gasteiger partial charge in [0.25, 0.3) is 0 Å². The number of thiophene rings is 2. The van der Waals surface area contributed by atoms with Crippen LogP contribution in [0.1, 0.15) is 38.2 Å². The molecule has 0 bridgehead atoms. The average Bonchev–Trinajstić information content (AvgIpc) is 3.45. The number of esters is 2. The standard InChI is InChI=1S/C30H22F6O4S2/c1-14(2)26(37)39-11-12-40-27(38)17-9-10-19-21(13-17)42-16(4)23(19)25-24(28(31,32)30(35,36)29(25,33)34)22-15(3)41-20-8-6-5-7-18(20)22/h5-10,13H,1,11-12H2,2-4H3. The Kier molecular flexibility index (Phi) is 7.29. The first-order valence-electron chi connectivity index (χ1n) is 12.5. The number of hydrogen-bond donors (Lipinski definition) is 0. The van der Waals surface area contributed by atoms with E-state index in [1.807, 2.05) is 0 Å². The van der Waals surface area contributed by atoms with Crippen LogP contribution in [0.15, 0.2) is 54.6 Å². The van der Waals surface area contributed by atoms with Crippen LogP contribution in [0.3, 0.4) is 0 Å². The molecule has 0 saturated heterocycles. The molecule has 220 valence electrons. The molecule has 0 saturated carbocycles. The fourth-order valence-electron chi connectivity index (χ4n) is 5.00. The van der Waals surface area contributed by atoms with Gasteiger partial charge in [-0.05, 0) is 39.0 Å². The largest absolute Gasteiger partial charge is 0.459 e. The molecule has 0 spiro atoms. The number of allylic oxidation sites excluding steroid dienone is 2. The van der Waals surface area contributed by atoms with Gasteiger partial charge in [-0.3, -0.25) is 0 Å². The van der Waals surface area contributed by atoms with Crippen molar-refractivity contribution >= 4 is 65.9 Å². The quantitative estimate of drug-likeness (QED) is 0.0893. The first-order valence-corrected chi connectivity index (χ1v) is 14.1. The molecule has 5 rings (SSSR count). The number of hydrogen-bond acceptors (Lipinski definition) is 6. The molecule has 0 N–H and O–H groups in total. The van der Waals surface area contributed by atoms with E-state index in [4.69, 9.17) is 9.47 Å². The molecule has 1 aliphatic carbocycles. The lowest BCUT2D eigenvalue weighted by atomic mass is 9.91. The number of fused-ring (bicyclic) bond motifs is 2. The Hall–Kier alpha value is -3.64. The van der Waals surface area contributed by atoms with Crippen LogP contribution in [0, 0.1) is 13.8 Å². The minimum absolute atomic E-state index is 0.00393. The SMILES string of the molecule is C=C(C)C(=O)OCCOC(=O)c1ccc2c(C3=C(c4c(C)sc5ccccc45)C(F)(F)C(F)(F)C3(F)F)c(C)sc2c1. The van der Waals surface area contributed by atoms with Crippen molar-refractivity contribution in [2.45, 2.75) is 38.5 Å². The summed E-state index contributed by atoms with van der Waals surface area (Å²) in [5.41, 5.74) is -3.42. The Bertz CT molecular complexity index is 1810. The summed E-state index contributed by atoms with van der Waals surface area (Å²) >= 11 is 1.95. The van der Waals surface area contributed by atoms with Crippen molar-refractivity contribution in [2.24, 2.45) is 0 Å². The fourth-order valence-corrected chi connectivity index (χ4v) is 7.18. The third kappa shape index (κ3) is 4.43. The molecule has 4 nitrogen and oxygen atoms in total. The van der Waals surface area contributed by atoms with E-state index >= 15 is 26.3 Å². The van der Waals surface area contributed by atoms with Gasteiger partial charge >= 0.3 is 29.7 Å². The summed E-state index contributed by atoms with van der Waals surface area (Å²) in [5.74, 6) is -17.6. The summed E-state index contributed by atoms with van der Waals surface area (Å²) in [7, 11) is 0. The van der Waals surface area contributed by atoms with Crippen LogP contribution in [-0.4, -0.2) is 42.9 Å². The van der Waals surface area contributed by atoms with Crippen LogP contribution in [0.5, 0.6) is 0 Å². The molecule has 42 heavy (non-hydrogen) atoms. The number of ether oxygens (including phenoxy) is 2. The maximum absolute atomic E-state index is 15.6. The second-order valence-corrected chi connectivity index (χ2v) is 12.3. The molecule has 4 aromatic rings.